The molecule has 1 aliphatic heterocycles. The van der Waals surface area contributed by atoms with Gasteiger partial charge in [0.05, 0.1) is 0 Å². The average molecular weight is 289 g/mol. The molecule has 0 bridgehead atoms. The van der Waals surface area contributed by atoms with Crippen molar-refractivity contribution in [1.82, 2.24) is 10.2 Å². The number of nitrogens with zero attached hydrogens (tertiary/aromatic N) is 1. The molecule has 1 N–H and O–H groups in total. The van der Waals surface area contributed by atoms with Gasteiger partial charge < -0.3 is 10.2 Å². The second-order valence-corrected chi connectivity index (χ2v) is 6.11. The Bertz CT molecular complexity index is 261. The number of rotatable bonds is 5. The van der Waals surface area contributed by atoms with Crippen LogP contribution in [-0.4, -0.2) is 37.0 Å². The topological polar surface area (TPSA) is 32.3 Å². The molecule has 19 heavy (non-hydrogen) atoms. The number of hydrogen-bond donors (Lipinski definition) is 1. The van der Waals surface area contributed by atoms with E-state index in [2.05, 4.69) is 5.32 Å². The first kappa shape index (κ1) is 16.8. The van der Waals surface area contributed by atoms with Gasteiger partial charge in [-0.1, -0.05) is 19.3 Å². The number of carbonyl (C=O) groups is 1. The molecular weight excluding hydrogens is 260 g/mol. The molecule has 4 heteroatoms. The van der Waals surface area contributed by atoms with Crippen molar-refractivity contribution in [3.05, 3.63) is 0 Å². The van der Waals surface area contributed by atoms with E-state index < -0.39 is 0 Å². The van der Waals surface area contributed by atoms with Gasteiger partial charge >= 0.3 is 0 Å². The Morgan fingerprint density at radius 3 is 2.53 bits per heavy atom. The van der Waals surface area contributed by atoms with Crippen LogP contribution in [0.15, 0.2) is 0 Å². The predicted octanol–water partition coefficient (Wildman–Crippen LogP) is 2.98. The Balaban J connectivity index is 0.00000180. The number of nitrogens with one attached hydrogen (secondary N) is 1. The van der Waals surface area contributed by atoms with Crippen molar-refractivity contribution >= 4 is 18.3 Å². The molecule has 1 heterocycles. The van der Waals surface area contributed by atoms with Crippen LogP contribution in [0.4, 0.5) is 0 Å². The SMILES string of the molecule is CN(CC1CCCCC1)C(=O)CCC1CCCN1.Cl. The summed E-state index contributed by atoms with van der Waals surface area (Å²) >= 11 is 0. The van der Waals surface area contributed by atoms with E-state index in [1.807, 2.05) is 11.9 Å². The van der Waals surface area contributed by atoms with Gasteiger partial charge in [0, 0.05) is 26.1 Å². The highest BCUT2D eigenvalue weighted by Crippen LogP contribution is 2.24. The first-order valence-corrected chi connectivity index (χ1v) is 7.73. The Hall–Kier alpha value is -0.280. The van der Waals surface area contributed by atoms with Crippen molar-refractivity contribution in [2.24, 2.45) is 5.92 Å². The molecule has 2 fully saturated rings. The molecule has 3 nitrogen and oxygen atoms in total. The van der Waals surface area contributed by atoms with Gasteiger partial charge in [-0.3, -0.25) is 4.79 Å². The third-order valence-electron chi connectivity index (χ3n) is 4.55. The van der Waals surface area contributed by atoms with Crippen LogP contribution in [0.3, 0.4) is 0 Å². The van der Waals surface area contributed by atoms with E-state index in [0.29, 0.717) is 11.9 Å². The minimum absolute atomic E-state index is 0. The minimum Gasteiger partial charge on any atom is -0.345 e. The van der Waals surface area contributed by atoms with Gasteiger partial charge in [-0.25, -0.2) is 0 Å². The monoisotopic (exact) mass is 288 g/mol. The van der Waals surface area contributed by atoms with Crippen molar-refractivity contribution < 1.29 is 4.79 Å². The molecule has 0 radical (unpaired) electrons. The normalized spacial score (nSPS) is 23.9. The maximum absolute atomic E-state index is 12.1. The van der Waals surface area contributed by atoms with Crippen LogP contribution in [0.5, 0.6) is 0 Å². The lowest BCUT2D eigenvalue weighted by molar-refractivity contribution is -0.130. The summed E-state index contributed by atoms with van der Waals surface area (Å²) in [4.78, 5) is 14.0. The molecule has 2 rings (SSSR count). The lowest BCUT2D eigenvalue weighted by Crippen LogP contribution is -2.33. The highest BCUT2D eigenvalue weighted by Gasteiger charge is 2.20. The molecule has 0 aromatic carbocycles. The highest BCUT2D eigenvalue weighted by atomic mass is 35.5. The van der Waals surface area contributed by atoms with E-state index in [-0.39, 0.29) is 12.4 Å². The second-order valence-electron chi connectivity index (χ2n) is 6.11. The number of amides is 1. The highest BCUT2D eigenvalue weighted by molar-refractivity contribution is 5.85. The number of hydrogen-bond acceptors (Lipinski definition) is 2. The minimum atomic E-state index is 0. The Kier molecular flexibility index (Phi) is 7.77. The van der Waals surface area contributed by atoms with Gasteiger partial charge in [0.25, 0.3) is 0 Å². The summed E-state index contributed by atoms with van der Waals surface area (Å²) in [5.41, 5.74) is 0. The van der Waals surface area contributed by atoms with Crippen molar-refractivity contribution in [2.75, 3.05) is 20.1 Å². The fourth-order valence-electron chi connectivity index (χ4n) is 3.35. The molecule has 2 aliphatic rings. The zero-order valence-electron chi connectivity index (χ0n) is 12.2. The van der Waals surface area contributed by atoms with Crippen molar-refractivity contribution in [1.29, 1.82) is 0 Å². The summed E-state index contributed by atoms with van der Waals surface area (Å²) in [5, 5.41) is 3.46. The van der Waals surface area contributed by atoms with E-state index in [0.717, 1.165) is 31.8 Å². The molecule has 1 atom stereocenters. The zero-order valence-corrected chi connectivity index (χ0v) is 13.0. The number of carbonyl (C=O) groups excluding carboxylic acids is 1. The lowest BCUT2D eigenvalue weighted by Gasteiger charge is -2.27. The van der Waals surface area contributed by atoms with Crippen LogP contribution in [0.1, 0.15) is 57.8 Å². The van der Waals surface area contributed by atoms with Gasteiger partial charge in [0.2, 0.25) is 5.91 Å². The summed E-state index contributed by atoms with van der Waals surface area (Å²) in [6, 6.07) is 0.594. The maximum Gasteiger partial charge on any atom is 0.222 e. The molecule has 1 unspecified atom stereocenters. The van der Waals surface area contributed by atoms with E-state index in [4.69, 9.17) is 0 Å². The van der Waals surface area contributed by atoms with Gasteiger partial charge in [-0.05, 0) is 44.6 Å². The lowest BCUT2D eigenvalue weighted by atomic mass is 9.89. The Morgan fingerprint density at radius 2 is 1.89 bits per heavy atom. The van der Waals surface area contributed by atoms with Gasteiger partial charge in [0.1, 0.15) is 0 Å². The van der Waals surface area contributed by atoms with Crippen LogP contribution in [0, 0.1) is 5.92 Å². The summed E-state index contributed by atoms with van der Waals surface area (Å²) in [7, 11) is 1.99. The largest absolute Gasteiger partial charge is 0.345 e. The van der Waals surface area contributed by atoms with Crippen LogP contribution in [-0.2, 0) is 4.79 Å². The molecule has 0 aromatic rings. The standard InChI is InChI=1S/C15H28N2O.ClH/c1-17(12-13-6-3-2-4-7-13)15(18)10-9-14-8-5-11-16-14;/h13-14,16H,2-12H2,1H3;1H. The summed E-state index contributed by atoms with van der Waals surface area (Å²) in [6.45, 7) is 2.12. The van der Waals surface area contributed by atoms with E-state index >= 15 is 0 Å². The molecular formula is C15H29ClN2O. The smallest absolute Gasteiger partial charge is 0.222 e. The summed E-state index contributed by atoms with van der Waals surface area (Å²) < 4.78 is 0. The van der Waals surface area contributed by atoms with Crippen molar-refractivity contribution in [3.8, 4) is 0 Å². The molecule has 0 aromatic heterocycles. The quantitative estimate of drug-likeness (QED) is 0.843. The average Bonchev–Trinajstić information content (AvgIpc) is 2.90. The fraction of sp³-hybridized carbons (Fsp3) is 0.933. The molecule has 1 saturated heterocycles. The Labute approximate surface area is 123 Å². The fourth-order valence-corrected chi connectivity index (χ4v) is 3.35. The van der Waals surface area contributed by atoms with Gasteiger partial charge in [-0.15, -0.1) is 12.4 Å². The zero-order chi connectivity index (χ0) is 12.8. The third kappa shape index (κ3) is 5.70. The molecule has 1 saturated carbocycles. The van der Waals surface area contributed by atoms with Crippen molar-refractivity contribution in [2.45, 2.75) is 63.8 Å². The van der Waals surface area contributed by atoms with Crippen LogP contribution >= 0.6 is 12.4 Å². The predicted molar refractivity (Wildman–Crippen MR) is 81.7 cm³/mol. The molecule has 0 spiro atoms. The first-order valence-electron chi connectivity index (χ1n) is 7.73. The van der Waals surface area contributed by atoms with Gasteiger partial charge in [-0.2, -0.15) is 0 Å². The summed E-state index contributed by atoms with van der Waals surface area (Å²) in [5.74, 6) is 1.10. The maximum atomic E-state index is 12.1. The Morgan fingerprint density at radius 1 is 1.16 bits per heavy atom. The first-order chi connectivity index (χ1) is 8.75. The van der Waals surface area contributed by atoms with E-state index in [1.54, 1.807) is 0 Å². The molecule has 112 valence electrons. The van der Waals surface area contributed by atoms with E-state index in [1.165, 1.54) is 44.9 Å². The van der Waals surface area contributed by atoms with Gasteiger partial charge in [0.15, 0.2) is 0 Å². The number of halogens is 1. The van der Waals surface area contributed by atoms with Crippen LogP contribution in [0.2, 0.25) is 0 Å². The van der Waals surface area contributed by atoms with Crippen molar-refractivity contribution in [3.63, 3.8) is 0 Å². The molecule has 1 amide bonds. The van der Waals surface area contributed by atoms with Crippen LogP contribution in [0.25, 0.3) is 0 Å². The van der Waals surface area contributed by atoms with E-state index in [9.17, 15) is 4.79 Å². The van der Waals surface area contributed by atoms with Crippen LogP contribution < -0.4 is 5.32 Å². The second kappa shape index (κ2) is 8.80. The molecule has 1 aliphatic carbocycles. The third-order valence-corrected chi connectivity index (χ3v) is 4.55. The summed E-state index contributed by atoms with van der Waals surface area (Å²) in [6.07, 6.45) is 11.0.